The quantitative estimate of drug-likeness (QED) is 0.912. The topological polar surface area (TPSA) is 29.9 Å². The van der Waals surface area contributed by atoms with Gasteiger partial charge in [-0.2, -0.15) is 5.10 Å². The molecule has 0 aliphatic carbocycles. The molecule has 2 rings (SSSR count). The molecule has 1 aromatic carbocycles. The summed E-state index contributed by atoms with van der Waals surface area (Å²) in [6.07, 6.45) is 1.99. The summed E-state index contributed by atoms with van der Waals surface area (Å²) in [5.74, 6) is -0.393. The Balaban J connectivity index is 2.12. The summed E-state index contributed by atoms with van der Waals surface area (Å²) in [6, 6.07) is 4.83. The first kappa shape index (κ1) is 14.0. The Bertz CT molecular complexity index is 566. The van der Waals surface area contributed by atoms with Crippen LogP contribution < -0.4 is 5.32 Å². The maximum atomic E-state index is 13.4. The van der Waals surface area contributed by atoms with Gasteiger partial charge in [0.05, 0.1) is 17.3 Å². The molecule has 0 bridgehead atoms. The Kier molecular flexibility index (Phi) is 4.56. The standard InChI is InChI=1S/C14H17ClFN3/c1-3-17-7-12-9-19(18-10(12)2)8-11-4-5-13(15)14(16)6-11/h4-6,9,17H,3,7-8H2,1-2H3. The number of hydrogen-bond acceptors (Lipinski definition) is 2. The Morgan fingerprint density at radius 2 is 2.21 bits per heavy atom. The average Bonchev–Trinajstić information content (AvgIpc) is 2.72. The molecule has 0 amide bonds. The van der Waals surface area contributed by atoms with Crippen molar-refractivity contribution >= 4 is 11.6 Å². The normalized spacial score (nSPS) is 10.9. The highest BCUT2D eigenvalue weighted by Crippen LogP contribution is 2.16. The third-order valence-corrected chi connectivity index (χ3v) is 3.25. The Morgan fingerprint density at radius 3 is 2.89 bits per heavy atom. The van der Waals surface area contributed by atoms with Crippen molar-refractivity contribution in [3.63, 3.8) is 0 Å². The molecule has 19 heavy (non-hydrogen) atoms. The lowest BCUT2D eigenvalue weighted by Gasteiger charge is -2.03. The van der Waals surface area contributed by atoms with Gasteiger partial charge in [0.15, 0.2) is 0 Å². The smallest absolute Gasteiger partial charge is 0.142 e. The van der Waals surface area contributed by atoms with E-state index in [1.54, 1.807) is 6.07 Å². The lowest BCUT2D eigenvalue weighted by molar-refractivity contribution is 0.619. The van der Waals surface area contributed by atoms with Gasteiger partial charge in [0.25, 0.3) is 0 Å². The van der Waals surface area contributed by atoms with Gasteiger partial charge in [-0.05, 0) is 31.2 Å². The van der Waals surface area contributed by atoms with Crippen LogP contribution in [0.2, 0.25) is 5.02 Å². The molecule has 0 unspecified atom stereocenters. The molecule has 1 N–H and O–H groups in total. The first-order chi connectivity index (χ1) is 9.10. The van der Waals surface area contributed by atoms with Crippen molar-refractivity contribution in [3.8, 4) is 0 Å². The van der Waals surface area contributed by atoms with E-state index >= 15 is 0 Å². The highest BCUT2D eigenvalue weighted by molar-refractivity contribution is 6.30. The molecule has 0 spiro atoms. The van der Waals surface area contributed by atoms with E-state index in [0.717, 1.165) is 29.9 Å². The van der Waals surface area contributed by atoms with E-state index in [1.165, 1.54) is 6.07 Å². The van der Waals surface area contributed by atoms with E-state index in [1.807, 2.05) is 23.9 Å². The van der Waals surface area contributed by atoms with Gasteiger partial charge in [0.1, 0.15) is 5.82 Å². The molecule has 102 valence electrons. The second-order valence-corrected chi connectivity index (χ2v) is 4.87. The Labute approximate surface area is 117 Å². The fourth-order valence-corrected chi connectivity index (χ4v) is 2.02. The molecule has 0 radical (unpaired) electrons. The number of nitrogens with zero attached hydrogens (tertiary/aromatic N) is 2. The van der Waals surface area contributed by atoms with E-state index in [0.29, 0.717) is 6.54 Å². The third-order valence-electron chi connectivity index (χ3n) is 2.94. The molecule has 3 nitrogen and oxygen atoms in total. The molecule has 2 aromatic rings. The van der Waals surface area contributed by atoms with E-state index in [4.69, 9.17) is 11.6 Å². The summed E-state index contributed by atoms with van der Waals surface area (Å²) in [7, 11) is 0. The number of hydrogen-bond donors (Lipinski definition) is 1. The van der Waals surface area contributed by atoms with Crippen LogP contribution in [-0.2, 0) is 13.1 Å². The molecule has 0 fully saturated rings. The molecule has 0 atom stereocenters. The summed E-state index contributed by atoms with van der Waals surface area (Å²) in [6.45, 7) is 6.31. The van der Waals surface area contributed by atoms with Crippen LogP contribution in [0.25, 0.3) is 0 Å². The van der Waals surface area contributed by atoms with E-state index in [-0.39, 0.29) is 5.02 Å². The first-order valence-electron chi connectivity index (χ1n) is 6.27. The predicted molar refractivity (Wildman–Crippen MR) is 74.9 cm³/mol. The number of aromatic nitrogens is 2. The van der Waals surface area contributed by atoms with Crippen LogP contribution in [0.4, 0.5) is 4.39 Å². The highest BCUT2D eigenvalue weighted by Gasteiger charge is 2.06. The molecule has 1 heterocycles. The molecule has 0 aliphatic heterocycles. The van der Waals surface area contributed by atoms with Gasteiger partial charge < -0.3 is 5.32 Å². The van der Waals surface area contributed by atoms with E-state index in [9.17, 15) is 4.39 Å². The first-order valence-corrected chi connectivity index (χ1v) is 6.65. The minimum Gasteiger partial charge on any atom is -0.313 e. The van der Waals surface area contributed by atoms with Crippen LogP contribution >= 0.6 is 11.6 Å². The molecule has 0 aliphatic rings. The molecule has 1 aromatic heterocycles. The van der Waals surface area contributed by atoms with Crippen molar-refractivity contribution in [1.29, 1.82) is 0 Å². The zero-order valence-electron chi connectivity index (χ0n) is 11.1. The van der Waals surface area contributed by atoms with Crippen molar-refractivity contribution in [2.75, 3.05) is 6.54 Å². The van der Waals surface area contributed by atoms with Crippen LogP contribution in [0.5, 0.6) is 0 Å². The summed E-state index contributed by atoms with van der Waals surface area (Å²) in [5.41, 5.74) is 3.01. The maximum Gasteiger partial charge on any atom is 0.142 e. The van der Waals surface area contributed by atoms with Crippen LogP contribution in [0.1, 0.15) is 23.7 Å². The van der Waals surface area contributed by atoms with Gasteiger partial charge in [-0.15, -0.1) is 0 Å². The van der Waals surface area contributed by atoms with Crippen molar-refractivity contribution in [1.82, 2.24) is 15.1 Å². The molecule has 5 heteroatoms. The van der Waals surface area contributed by atoms with Gasteiger partial charge in [0, 0.05) is 18.3 Å². The van der Waals surface area contributed by atoms with Gasteiger partial charge in [-0.3, -0.25) is 4.68 Å². The number of rotatable bonds is 5. The summed E-state index contributed by atoms with van der Waals surface area (Å²) >= 11 is 5.66. The second kappa shape index (κ2) is 6.17. The fraction of sp³-hybridized carbons (Fsp3) is 0.357. The monoisotopic (exact) mass is 281 g/mol. The molecular formula is C14H17ClFN3. The largest absolute Gasteiger partial charge is 0.313 e. The maximum absolute atomic E-state index is 13.4. The summed E-state index contributed by atoms with van der Waals surface area (Å²) in [4.78, 5) is 0. The SMILES string of the molecule is CCNCc1cn(Cc2ccc(Cl)c(F)c2)nc1C. The highest BCUT2D eigenvalue weighted by atomic mass is 35.5. The number of benzene rings is 1. The second-order valence-electron chi connectivity index (χ2n) is 4.47. The van der Waals surface area contributed by atoms with Crippen molar-refractivity contribution in [3.05, 3.63) is 52.1 Å². The third kappa shape index (κ3) is 3.55. The van der Waals surface area contributed by atoms with Crippen LogP contribution in [-0.4, -0.2) is 16.3 Å². The number of nitrogens with one attached hydrogen (secondary N) is 1. The van der Waals surface area contributed by atoms with Gasteiger partial charge >= 0.3 is 0 Å². The van der Waals surface area contributed by atoms with Crippen molar-refractivity contribution < 1.29 is 4.39 Å². The summed E-state index contributed by atoms with van der Waals surface area (Å²) < 4.78 is 15.2. The van der Waals surface area contributed by atoms with Gasteiger partial charge in [-0.25, -0.2) is 4.39 Å². The van der Waals surface area contributed by atoms with Crippen molar-refractivity contribution in [2.24, 2.45) is 0 Å². The van der Waals surface area contributed by atoms with Crippen LogP contribution in [0.15, 0.2) is 24.4 Å². The van der Waals surface area contributed by atoms with E-state index in [2.05, 4.69) is 17.3 Å². The van der Waals surface area contributed by atoms with Crippen LogP contribution in [0.3, 0.4) is 0 Å². The van der Waals surface area contributed by atoms with Gasteiger partial charge in [0.2, 0.25) is 0 Å². The van der Waals surface area contributed by atoms with Crippen molar-refractivity contribution in [2.45, 2.75) is 26.9 Å². The predicted octanol–water partition coefficient (Wildman–Crippen LogP) is 3.14. The molecular weight excluding hydrogens is 265 g/mol. The van der Waals surface area contributed by atoms with E-state index < -0.39 is 5.82 Å². The summed E-state index contributed by atoms with van der Waals surface area (Å²) in [5, 5.41) is 7.85. The molecule has 0 saturated heterocycles. The fourth-order valence-electron chi connectivity index (χ4n) is 1.90. The lowest BCUT2D eigenvalue weighted by Crippen LogP contribution is -2.11. The zero-order chi connectivity index (χ0) is 13.8. The number of halogens is 2. The van der Waals surface area contributed by atoms with Gasteiger partial charge in [-0.1, -0.05) is 24.6 Å². The zero-order valence-corrected chi connectivity index (χ0v) is 11.8. The number of aryl methyl sites for hydroxylation is 1. The minimum absolute atomic E-state index is 0.147. The Hall–Kier alpha value is -1.39. The Morgan fingerprint density at radius 1 is 1.42 bits per heavy atom. The average molecular weight is 282 g/mol. The minimum atomic E-state index is -0.393. The molecule has 0 saturated carbocycles. The van der Waals surface area contributed by atoms with Crippen LogP contribution in [0, 0.1) is 12.7 Å². The lowest BCUT2D eigenvalue weighted by atomic mass is 10.2.